The van der Waals surface area contributed by atoms with Gasteiger partial charge in [-0.3, -0.25) is 4.79 Å². The standard InChI is InChI=1S/C12H16BrNO2/c1-3-10(14-12(15)8-13)9-6-4-5-7-11(9)16-2/h4-7,10H,3,8H2,1-2H3,(H,14,15). The van der Waals surface area contributed by atoms with Gasteiger partial charge in [-0.05, 0) is 12.5 Å². The summed E-state index contributed by atoms with van der Waals surface area (Å²) in [7, 11) is 1.64. The Morgan fingerprint density at radius 1 is 1.50 bits per heavy atom. The molecule has 1 aromatic rings. The third-order valence-corrected chi connectivity index (χ3v) is 2.89. The molecule has 1 N–H and O–H groups in total. The smallest absolute Gasteiger partial charge is 0.231 e. The molecule has 0 aliphatic rings. The third kappa shape index (κ3) is 3.23. The zero-order valence-corrected chi connectivity index (χ0v) is 11.1. The number of hydrogen-bond donors (Lipinski definition) is 1. The highest BCUT2D eigenvalue weighted by Gasteiger charge is 2.15. The van der Waals surface area contributed by atoms with Gasteiger partial charge in [-0.25, -0.2) is 0 Å². The van der Waals surface area contributed by atoms with Crippen LogP contribution in [0.25, 0.3) is 0 Å². The number of rotatable bonds is 5. The van der Waals surface area contributed by atoms with Crippen LogP contribution in [-0.4, -0.2) is 18.3 Å². The highest BCUT2D eigenvalue weighted by molar-refractivity contribution is 9.09. The Morgan fingerprint density at radius 3 is 2.75 bits per heavy atom. The Bertz CT molecular complexity index is 355. The van der Waals surface area contributed by atoms with Crippen LogP contribution in [0.2, 0.25) is 0 Å². The van der Waals surface area contributed by atoms with E-state index < -0.39 is 0 Å². The molecule has 0 fully saturated rings. The quantitative estimate of drug-likeness (QED) is 0.845. The van der Waals surface area contributed by atoms with Crippen molar-refractivity contribution in [1.82, 2.24) is 5.32 Å². The Hall–Kier alpha value is -1.03. The largest absolute Gasteiger partial charge is 0.496 e. The first kappa shape index (κ1) is 13.0. The van der Waals surface area contributed by atoms with E-state index in [9.17, 15) is 4.79 Å². The second kappa shape index (κ2) is 6.53. The predicted octanol–water partition coefficient (Wildman–Crippen LogP) is 2.66. The van der Waals surface area contributed by atoms with Crippen LogP contribution in [0.5, 0.6) is 5.75 Å². The second-order valence-electron chi connectivity index (χ2n) is 3.40. The minimum atomic E-state index is -0.0160. The van der Waals surface area contributed by atoms with Gasteiger partial charge >= 0.3 is 0 Å². The lowest BCUT2D eigenvalue weighted by Crippen LogP contribution is -2.29. The first-order valence-electron chi connectivity index (χ1n) is 5.21. The van der Waals surface area contributed by atoms with Crippen LogP contribution < -0.4 is 10.1 Å². The zero-order valence-electron chi connectivity index (χ0n) is 9.50. The molecular weight excluding hydrogens is 270 g/mol. The van der Waals surface area contributed by atoms with Gasteiger partial charge in [-0.2, -0.15) is 0 Å². The molecule has 3 nitrogen and oxygen atoms in total. The van der Waals surface area contributed by atoms with Crippen LogP contribution in [0, 0.1) is 0 Å². The van der Waals surface area contributed by atoms with E-state index in [4.69, 9.17) is 4.74 Å². The molecule has 0 spiro atoms. The molecule has 1 amide bonds. The number of carbonyl (C=O) groups excluding carboxylic acids is 1. The fourth-order valence-corrected chi connectivity index (χ4v) is 1.75. The first-order chi connectivity index (χ1) is 7.72. The van der Waals surface area contributed by atoms with E-state index in [1.54, 1.807) is 7.11 Å². The number of para-hydroxylation sites is 1. The molecule has 16 heavy (non-hydrogen) atoms. The van der Waals surface area contributed by atoms with Gasteiger partial charge in [0.2, 0.25) is 5.91 Å². The number of halogens is 1. The van der Waals surface area contributed by atoms with Crippen LogP contribution >= 0.6 is 15.9 Å². The maximum absolute atomic E-state index is 11.4. The number of benzene rings is 1. The number of nitrogens with one attached hydrogen (secondary N) is 1. The highest BCUT2D eigenvalue weighted by Crippen LogP contribution is 2.26. The fraction of sp³-hybridized carbons (Fsp3) is 0.417. The van der Waals surface area contributed by atoms with Crippen molar-refractivity contribution in [3.8, 4) is 5.75 Å². The molecule has 0 saturated heterocycles. The molecule has 1 rings (SSSR count). The van der Waals surface area contributed by atoms with Crippen LogP contribution in [0.3, 0.4) is 0 Å². The molecule has 4 heteroatoms. The molecule has 1 unspecified atom stereocenters. The maximum atomic E-state index is 11.4. The summed E-state index contributed by atoms with van der Waals surface area (Å²) in [6.45, 7) is 2.03. The van der Waals surface area contributed by atoms with E-state index in [0.29, 0.717) is 5.33 Å². The summed E-state index contributed by atoms with van der Waals surface area (Å²) in [5, 5.41) is 3.26. The van der Waals surface area contributed by atoms with Crippen LogP contribution in [0.1, 0.15) is 24.9 Å². The molecule has 0 aliphatic carbocycles. The lowest BCUT2D eigenvalue weighted by atomic mass is 10.0. The monoisotopic (exact) mass is 285 g/mol. The summed E-state index contributed by atoms with van der Waals surface area (Å²) >= 11 is 3.14. The molecule has 0 bridgehead atoms. The van der Waals surface area contributed by atoms with Crippen LogP contribution in [0.4, 0.5) is 0 Å². The first-order valence-corrected chi connectivity index (χ1v) is 6.33. The molecule has 0 radical (unpaired) electrons. The summed E-state index contributed by atoms with van der Waals surface area (Å²) < 4.78 is 5.28. The van der Waals surface area contributed by atoms with Crippen molar-refractivity contribution in [2.45, 2.75) is 19.4 Å². The van der Waals surface area contributed by atoms with Gasteiger partial charge in [0.05, 0.1) is 18.5 Å². The van der Waals surface area contributed by atoms with Crippen molar-refractivity contribution >= 4 is 21.8 Å². The highest BCUT2D eigenvalue weighted by atomic mass is 79.9. The second-order valence-corrected chi connectivity index (χ2v) is 3.96. The van der Waals surface area contributed by atoms with Gasteiger partial charge in [0.25, 0.3) is 0 Å². The van der Waals surface area contributed by atoms with Crippen molar-refractivity contribution in [1.29, 1.82) is 0 Å². The zero-order chi connectivity index (χ0) is 12.0. The third-order valence-electron chi connectivity index (χ3n) is 2.38. The number of hydrogen-bond acceptors (Lipinski definition) is 2. The maximum Gasteiger partial charge on any atom is 0.231 e. The van der Waals surface area contributed by atoms with Crippen molar-refractivity contribution in [3.05, 3.63) is 29.8 Å². The summed E-state index contributed by atoms with van der Waals surface area (Å²) in [4.78, 5) is 11.4. The van der Waals surface area contributed by atoms with Gasteiger partial charge in [0, 0.05) is 5.56 Å². The Labute approximate surface area is 104 Å². The molecular formula is C12H16BrNO2. The van der Waals surface area contributed by atoms with E-state index in [1.165, 1.54) is 0 Å². The average molecular weight is 286 g/mol. The topological polar surface area (TPSA) is 38.3 Å². The molecule has 1 aromatic carbocycles. The Morgan fingerprint density at radius 2 is 2.19 bits per heavy atom. The summed E-state index contributed by atoms with van der Waals surface area (Å²) in [6.07, 6.45) is 0.832. The normalized spacial score (nSPS) is 11.9. The van der Waals surface area contributed by atoms with Crippen molar-refractivity contribution in [3.63, 3.8) is 0 Å². The predicted molar refractivity (Wildman–Crippen MR) is 68.0 cm³/mol. The Balaban J connectivity index is 2.89. The van der Waals surface area contributed by atoms with E-state index in [0.717, 1.165) is 17.7 Å². The number of alkyl halides is 1. The lowest BCUT2D eigenvalue weighted by Gasteiger charge is -2.19. The molecule has 0 aliphatic heterocycles. The average Bonchev–Trinajstić information content (AvgIpc) is 2.35. The van der Waals surface area contributed by atoms with E-state index in [-0.39, 0.29) is 11.9 Å². The van der Waals surface area contributed by atoms with E-state index in [1.807, 2.05) is 31.2 Å². The minimum absolute atomic E-state index is 0.00111. The molecule has 0 heterocycles. The van der Waals surface area contributed by atoms with Crippen molar-refractivity contribution in [2.75, 3.05) is 12.4 Å². The molecule has 0 saturated carbocycles. The van der Waals surface area contributed by atoms with Gasteiger partial charge in [-0.15, -0.1) is 0 Å². The summed E-state index contributed by atoms with van der Waals surface area (Å²) in [5.41, 5.74) is 1.02. The number of ether oxygens (including phenoxy) is 1. The van der Waals surface area contributed by atoms with E-state index in [2.05, 4.69) is 21.2 Å². The van der Waals surface area contributed by atoms with Gasteiger partial charge < -0.3 is 10.1 Å². The van der Waals surface area contributed by atoms with Crippen molar-refractivity contribution in [2.24, 2.45) is 0 Å². The van der Waals surface area contributed by atoms with Gasteiger partial charge in [0.1, 0.15) is 5.75 Å². The van der Waals surface area contributed by atoms with Crippen LogP contribution in [0.15, 0.2) is 24.3 Å². The molecule has 88 valence electrons. The van der Waals surface area contributed by atoms with Gasteiger partial charge in [0.15, 0.2) is 0 Å². The minimum Gasteiger partial charge on any atom is -0.496 e. The number of carbonyl (C=O) groups is 1. The molecule has 1 atom stereocenters. The Kier molecular flexibility index (Phi) is 5.32. The fourth-order valence-electron chi connectivity index (χ4n) is 1.59. The molecule has 0 aromatic heterocycles. The summed E-state index contributed by atoms with van der Waals surface area (Å²) in [5.74, 6) is 0.793. The lowest BCUT2D eigenvalue weighted by molar-refractivity contribution is -0.119. The van der Waals surface area contributed by atoms with Crippen molar-refractivity contribution < 1.29 is 9.53 Å². The number of amides is 1. The van der Waals surface area contributed by atoms with E-state index >= 15 is 0 Å². The van der Waals surface area contributed by atoms with Gasteiger partial charge in [-0.1, -0.05) is 41.1 Å². The SMILES string of the molecule is CCC(NC(=O)CBr)c1ccccc1OC. The number of methoxy groups -OCH3 is 1. The summed E-state index contributed by atoms with van der Waals surface area (Å²) in [6, 6.07) is 7.74. The van der Waals surface area contributed by atoms with Crippen LogP contribution in [-0.2, 0) is 4.79 Å².